The van der Waals surface area contributed by atoms with Crippen LogP contribution >= 0.6 is 0 Å². The molecule has 0 amide bonds. The zero-order chi connectivity index (χ0) is 19.3. The molecule has 4 nitrogen and oxygen atoms in total. The first-order chi connectivity index (χ1) is 13.0. The fourth-order valence-corrected chi connectivity index (χ4v) is 4.42. The Balaban J connectivity index is 1.61. The average molecular weight is 368 g/mol. The monoisotopic (exact) mass is 368 g/mol. The Morgan fingerprint density at radius 2 is 2.11 bits per heavy atom. The minimum atomic E-state index is -0.849. The molecule has 0 bridgehead atoms. The minimum Gasteiger partial charge on any atom is -0.489 e. The highest BCUT2D eigenvalue weighted by molar-refractivity contribution is 5.69. The van der Waals surface area contributed by atoms with E-state index in [2.05, 4.69) is 17.9 Å². The summed E-state index contributed by atoms with van der Waals surface area (Å²) in [7, 11) is 0. The highest BCUT2D eigenvalue weighted by atomic mass is 16.5. The average Bonchev–Trinajstić information content (AvgIpc) is 2.99. The topological polar surface area (TPSA) is 66.8 Å². The number of carbonyl (C=O) groups is 1. The van der Waals surface area contributed by atoms with Gasteiger partial charge in [-0.05, 0) is 74.1 Å². The van der Waals surface area contributed by atoms with Crippen molar-refractivity contribution in [1.29, 1.82) is 0 Å². The molecule has 0 radical (unpaired) electrons. The predicted octanol–water partition coefficient (Wildman–Crippen LogP) is 4.29. The third-order valence-electron chi connectivity index (χ3n) is 5.70. The second kappa shape index (κ2) is 8.63. The molecule has 1 saturated carbocycles. The first-order valence-electron chi connectivity index (χ1n) is 9.75. The Morgan fingerprint density at radius 1 is 1.33 bits per heavy atom. The van der Waals surface area contributed by atoms with Crippen LogP contribution in [-0.4, -0.2) is 28.9 Å². The van der Waals surface area contributed by atoms with Gasteiger partial charge in [-0.1, -0.05) is 24.1 Å². The SMILES string of the molecule is CC#C[C@@H](CC(=O)O)c1ccc(OCC2=CC3(CCC2)CC[C@@H](O)C3)cc1. The van der Waals surface area contributed by atoms with Gasteiger partial charge in [-0.15, -0.1) is 5.92 Å². The molecular formula is C23H28O4. The van der Waals surface area contributed by atoms with E-state index in [1.165, 1.54) is 12.0 Å². The third-order valence-corrected chi connectivity index (χ3v) is 5.70. The smallest absolute Gasteiger partial charge is 0.304 e. The standard InChI is InChI=1S/C23H28O4/c1-2-4-19(13-22(25)26)18-6-8-21(9-7-18)27-16-17-5-3-11-23(14-17)12-10-20(24)15-23/h6-9,14,19-20,24H,3,5,10-13,15-16H2,1H3,(H,25,26)/t19-,20+,23?/m0/s1. The van der Waals surface area contributed by atoms with Gasteiger partial charge in [0.15, 0.2) is 0 Å². The van der Waals surface area contributed by atoms with E-state index in [0.29, 0.717) is 6.61 Å². The van der Waals surface area contributed by atoms with Crippen molar-refractivity contribution < 1.29 is 19.7 Å². The first-order valence-corrected chi connectivity index (χ1v) is 9.75. The molecule has 0 saturated heterocycles. The summed E-state index contributed by atoms with van der Waals surface area (Å²) < 4.78 is 5.97. The Kier molecular flexibility index (Phi) is 6.23. The van der Waals surface area contributed by atoms with Gasteiger partial charge in [-0.2, -0.15) is 0 Å². The molecule has 144 valence electrons. The number of carboxylic acid groups (broad SMARTS) is 1. The zero-order valence-electron chi connectivity index (χ0n) is 15.9. The van der Waals surface area contributed by atoms with Crippen molar-refractivity contribution in [2.75, 3.05) is 6.61 Å². The summed E-state index contributed by atoms with van der Waals surface area (Å²) in [6.07, 6.45) is 8.47. The predicted molar refractivity (Wildman–Crippen MR) is 105 cm³/mol. The van der Waals surface area contributed by atoms with Gasteiger partial charge in [0, 0.05) is 0 Å². The maximum absolute atomic E-state index is 11.0. The number of ether oxygens (including phenoxy) is 1. The lowest BCUT2D eigenvalue weighted by Gasteiger charge is -2.31. The van der Waals surface area contributed by atoms with Crippen molar-refractivity contribution in [3.8, 4) is 17.6 Å². The summed E-state index contributed by atoms with van der Waals surface area (Å²) in [6.45, 7) is 2.30. The van der Waals surface area contributed by atoms with Crippen LogP contribution in [0.25, 0.3) is 0 Å². The van der Waals surface area contributed by atoms with E-state index in [0.717, 1.165) is 43.4 Å². The molecule has 2 N–H and O–H groups in total. The van der Waals surface area contributed by atoms with Gasteiger partial charge in [0.25, 0.3) is 0 Å². The van der Waals surface area contributed by atoms with Crippen LogP contribution in [0, 0.1) is 17.3 Å². The number of aliphatic carboxylic acids is 1. The van der Waals surface area contributed by atoms with Crippen molar-refractivity contribution in [1.82, 2.24) is 0 Å². The van der Waals surface area contributed by atoms with Crippen molar-refractivity contribution in [3.63, 3.8) is 0 Å². The molecule has 1 spiro atoms. The maximum atomic E-state index is 11.0. The van der Waals surface area contributed by atoms with E-state index in [-0.39, 0.29) is 23.9 Å². The van der Waals surface area contributed by atoms with E-state index >= 15 is 0 Å². The number of aliphatic hydroxyl groups is 1. The molecule has 27 heavy (non-hydrogen) atoms. The lowest BCUT2D eigenvalue weighted by molar-refractivity contribution is -0.137. The molecule has 3 atom stereocenters. The van der Waals surface area contributed by atoms with Gasteiger partial charge < -0.3 is 14.9 Å². The van der Waals surface area contributed by atoms with Crippen LogP contribution in [0.1, 0.15) is 63.4 Å². The number of benzene rings is 1. The number of carboxylic acids is 1. The van der Waals surface area contributed by atoms with Crippen LogP contribution in [0.5, 0.6) is 5.75 Å². The van der Waals surface area contributed by atoms with E-state index < -0.39 is 5.97 Å². The molecule has 4 heteroatoms. The zero-order valence-corrected chi connectivity index (χ0v) is 15.9. The minimum absolute atomic E-state index is 0.00185. The maximum Gasteiger partial charge on any atom is 0.304 e. The first kappa shape index (κ1) is 19.5. The van der Waals surface area contributed by atoms with Crippen molar-refractivity contribution in [2.24, 2.45) is 5.41 Å². The number of rotatable bonds is 6. The molecule has 0 aromatic heterocycles. The second-order valence-electron chi connectivity index (χ2n) is 7.82. The molecular weight excluding hydrogens is 340 g/mol. The largest absolute Gasteiger partial charge is 0.489 e. The summed E-state index contributed by atoms with van der Waals surface area (Å²) in [5, 5.41) is 18.9. The molecule has 3 rings (SSSR count). The van der Waals surface area contributed by atoms with Crippen LogP contribution in [0.2, 0.25) is 0 Å². The van der Waals surface area contributed by atoms with Gasteiger partial charge in [-0.25, -0.2) is 0 Å². The van der Waals surface area contributed by atoms with Crippen molar-refractivity contribution >= 4 is 5.97 Å². The fourth-order valence-electron chi connectivity index (χ4n) is 4.42. The van der Waals surface area contributed by atoms with Crippen LogP contribution in [0.15, 0.2) is 35.9 Å². The Hall–Kier alpha value is -2.25. The third kappa shape index (κ3) is 5.14. The highest BCUT2D eigenvalue weighted by Crippen LogP contribution is 2.47. The van der Waals surface area contributed by atoms with Crippen molar-refractivity contribution in [3.05, 3.63) is 41.5 Å². The molecule has 1 unspecified atom stereocenters. The molecule has 1 aromatic carbocycles. The number of hydrogen-bond acceptors (Lipinski definition) is 3. The summed E-state index contributed by atoms with van der Waals surface area (Å²) >= 11 is 0. The molecule has 0 heterocycles. The van der Waals surface area contributed by atoms with E-state index in [9.17, 15) is 9.90 Å². The number of hydrogen-bond donors (Lipinski definition) is 2. The highest BCUT2D eigenvalue weighted by Gasteiger charge is 2.38. The fraction of sp³-hybridized carbons (Fsp3) is 0.522. The second-order valence-corrected chi connectivity index (χ2v) is 7.82. The molecule has 2 aliphatic rings. The van der Waals surface area contributed by atoms with Crippen LogP contribution in [-0.2, 0) is 4.79 Å². The van der Waals surface area contributed by atoms with Crippen LogP contribution in [0.4, 0.5) is 0 Å². The molecule has 1 aromatic rings. The number of allylic oxidation sites excluding steroid dienone is 1. The quantitative estimate of drug-likeness (QED) is 0.581. The lowest BCUT2D eigenvalue weighted by Crippen LogP contribution is -2.21. The molecule has 2 aliphatic carbocycles. The summed E-state index contributed by atoms with van der Waals surface area (Å²) in [4.78, 5) is 11.0. The van der Waals surface area contributed by atoms with E-state index in [1.54, 1.807) is 6.92 Å². The van der Waals surface area contributed by atoms with Crippen LogP contribution in [0.3, 0.4) is 0 Å². The van der Waals surface area contributed by atoms with E-state index in [1.807, 2.05) is 24.3 Å². The normalized spacial score (nSPS) is 25.4. The van der Waals surface area contributed by atoms with Gasteiger partial charge in [0.05, 0.1) is 18.4 Å². The Morgan fingerprint density at radius 3 is 2.74 bits per heavy atom. The summed E-state index contributed by atoms with van der Waals surface area (Å²) in [5.74, 6) is 5.41. The van der Waals surface area contributed by atoms with Gasteiger partial charge in [0.2, 0.25) is 0 Å². The van der Waals surface area contributed by atoms with Crippen molar-refractivity contribution in [2.45, 2.75) is 63.9 Å². The number of aliphatic hydroxyl groups excluding tert-OH is 1. The van der Waals surface area contributed by atoms with Gasteiger partial charge in [-0.3, -0.25) is 4.79 Å². The summed E-state index contributed by atoms with van der Waals surface area (Å²) in [6, 6.07) is 7.58. The molecule has 1 fully saturated rings. The van der Waals surface area contributed by atoms with E-state index in [4.69, 9.17) is 9.84 Å². The summed E-state index contributed by atoms with van der Waals surface area (Å²) in [5.41, 5.74) is 2.40. The molecule has 0 aliphatic heterocycles. The Bertz CT molecular complexity index is 753. The lowest BCUT2D eigenvalue weighted by atomic mass is 9.75. The van der Waals surface area contributed by atoms with Gasteiger partial charge >= 0.3 is 5.97 Å². The van der Waals surface area contributed by atoms with Crippen LogP contribution < -0.4 is 4.74 Å². The Labute approximate surface area is 161 Å². The van der Waals surface area contributed by atoms with Gasteiger partial charge in [0.1, 0.15) is 12.4 Å².